The van der Waals surface area contributed by atoms with Gasteiger partial charge in [0.1, 0.15) is 5.82 Å². The minimum atomic E-state index is -3.28. The van der Waals surface area contributed by atoms with Crippen LogP contribution in [0.4, 0.5) is 11.8 Å². The molecule has 1 aromatic heterocycles. The van der Waals surface area contributed by atoms with Gasteiger partial charge >= 0.3 is 0 Å². The van der Waals surface area contributed by atoms with E-state index in [0.29, 0.717) is 22.1 Å². The summed E-state index contributed by atoms with van der Waals surface area (Å²) in [4.78, 5) is 8.63. The number of sulfone groups is 1. The molecule has 0 aliphatic carbocycles. The normalized spacial score (nSPS) is 12.6. The van der Waals surface area contributed by atoms with Crippen molar-refractivity contribution in [2.45, 2.75) is 17.9 Å². The second-order valence-corrected chi connectivity index (χ2v) is 9.07. The van der Waals surface area contributed by atoms with Crippen molar-refractivity contribution in [3.63, 3.8) is 0 Å². The van der Waals surface area contributed by atoms with Crippen molar-refractivity contribution in [2.24, 2.45) is 0 Å². The van der Waals surface area contributed by atoms with Crippen LogP contribution >= 0.6 is 11.6 Å². The Morgan fingerprint density at radius 1 is 1.17 bits per heavy atom. The summed E-state index contributed by atoms with van der Waals surface area (Å²) in [6.07, 6.45) is 0.273. The van der Waals surface area contributed by atoms with E-state index < -0.39 is 15.9 Å². The second-order valence-electron chi connectivity index (χ2n) is 6.65. The second kappa shape index (κ2) is 8.36. The number of hydrogen-bond donors (Lipinski definition) is 3. The quantitative estimate of drug-likeness (QED) is 0.547. The molecule has 1 heterocycles. The highest BCUT2D eigenvalue weighted by Crippen LogP contribution is 2.28. The van der Waals surface area contributed by atoms with Crippen molar-refractivity contribution >= 4 is 33.2 Å². The molecule has 4 N–H and O–H groups in total. The van der Waals surface area contributed by atoms with Crippen LogP contribution in [0.3, 0.4) is 0 Å². The molecule has 1 atom stereocenters. The fraction of sp³-hybridized carbons (Fsp3) is 0.200. The summed E-state index contributed by atoms with van der Waals surface area (Å²) in [5, 5.41) is 14.1. The van der Waals surface area contributed by atoms with E-state index in [1.165, 1.54) is 12.1 Å². The Labute approximate surface area is 174 Å². The van der Waals surface area contributed by atoms with Crippen LogP contribution in [0.5, 0.6) is 0 Å². The summed E-state index contributed by atoms with van der Waals surface area (Å²) in [5.74, 6) is 0.551. The lowest BCUT2D eigenvalue weighted by Gasteiger charge is -2.14. The smallest absolute Gasteiger partial charge is 0.222 e. The average molecular weight is 433 g/mol. The van der Waals surface area contributed by atoms with Crippen molar-refractivity contribution in [2.75, 3.05) is 23.9 Å². The Hall–Kier alpha value is -2.68. The third-order valence-electron chi connectivity index (χ3n) is 4.46. The van der Waals surface area contributed by atoms with E-state index in [1.54, 1.807) is 24.3 Å². The molecule has 0 fully saturated rings. The molecule has 0 saturated carbocycles. The van der Waals surface area contributed by atoms with Crippen molar-refractivity contribution in [3.05, 3.63) is 64.7 Å². The number of halogens is 1. The molecule has 0 amide bonds. The molecule has 1 unspecified atom stereocenters. The van der Waals surface area contributed by atoms with Gasteiger partial charge in [-0.1, -0.05) is 35.9 Å². The zero-order valence-electron chi connectivity index (χ0n) is 15.9. The monoisotopic (exact) mass is 432 g/mol. The van der Waals surface area contributed by atoms with E-state index in [9.17, 15) is 13.5 Å². The molecule has 7 nitrogen and oxygen atoms in total. The number of aromatic nitrogens is 2. The molecule has 0 radical (unpaired) electrons. The van der Waals surface area contributed by atoms with E-state index in [4.69, 9.17) is 17.3 Å². The third-order valence-corrected chi connectivity index (χ3v) is 5.99. The third kappa shape index (κ3) is 5.03. The topological polar surface area (TPSA) is 118 Å². The lowest BCUT2D eigenvalue weighted by atomic mass is 10.1. The van der Waals surface area contributed by atoms with Crippen LogP contribution in [0.2, 0.25) is 5.02 Å². The van der Waals surface area contributed by atoms with Gasteiger partial charge in [0.05, 0.1) is 16.7 Å². The Morgan fingerprint density at radius 3 is 2.52 bits per heavy atom. The number of aliphatic hydroxyl groups is 1. The molecular formula is C20H21ClN4O3S. The summed E-state index contributed by atoms with van der Waals surface area (Å²) in [6.45, 7) is 2.05. The maximum Gasteiger partial charge on any atom is 0.222 e. The SMILES string of the molecule is Cc1c(Cl)cccc1-c1cc(NCC(O)c2ccc(S(C)(=O)=O)cc2)nc(N)n1. The van der Waals surface area contributed by atoms with E-state index in [2.05, 4.69) is 15.3 Å². The number of nitrogen functional groups attached to an aromatic ring is 1. The lowest BCUT2D eigenvalue weighted by Crippen LogP contribution is -2.14. The largest absolute Gasteiger partial charge is 0.387 e. The highest BCUT2D eigenvalue weighted by molar-refractivity contribution is 7.90. The van der Waals surface area contributed by atoms with Crippen molar-refractivity contribution in [1.29, 1.82) is 0 Å². The van der Waals surface area contributed by atoms with Gasteiger partial charge in [-0.2, -0.15) is 4.98 Å². The van der Waals surface area contributed by atoms with Gasteiger partial charge < -0.3 is 16.2 Å². The Kier molecular flexibility index (Phi) is 6.07. The maximum atomic E-state index is 11.5. The Morgan fingerprint density at radius 2 is 1.86 bits per heavy atom. The molecule has 0 bridgehead atoms. The molecule has 29 heavy (non-hydrogen) atoms. The van der Waals surface area contributed by atoms with Gasteiger partial charge in [0.25, 0.3) is 0 Å². The van der Waals surface area contributed by atoms with Gasteiger partial charge in [0.15, 0.2) is 9.84 Å². The number of nitrogens with two attached hydrogens (primary N) is 1. The van der Waals surface area contributed by atoms with Crippen LogP contribution in [-0.4, -0.2) is 36.3 Å². The molecule has 3 aromatic rings. The van der Waals surface area contributed by atoms with Crippen LogP contribution in [0.15, 0.2) is 53.4 Å². The van der Waals surface area contributed by atoms with E-state index in [-0.39, 0.29) is 17.4 Å². The van der Waals surface area contributed by atoms with Crippen LogP contribution in [0, 0.1) is 6.92 Å². The number of hydrogen-bond acceptors (Lipinski definition) is 7. The van der Waals surface area contributed by atoms with E-state index in [1.807, 2.05) is 19.1 Å². The summed E-state index contributed by atoms with van der Waals surface area (Å²) in [5.41, 5.74) is 8.76. The van der Waals surface area contributed by atoms with Gasteiger partial charge in [0.2, 0.25) is 5.95 Å². The van der Waals surface area contributed by atoms with Crippen molar-refractivity contribution < 1.29 is 13.5 Å². The number of nitrogens with one attached hydrogen (secondary N) is 1. The highest BCUT2D eigenvalue weighted by atomic mass is 35.5. The van der Waals surface area contributed by atoms with E-state index >= 15 is 0 Å². The Bertz CT molecular complexity index is 1130. The maximum absolute atomic E-state index is 11.5. The molecule has 2 aromatic carbocycles. The van der Waals surface area contributed by atoms with Crippen molar-refractivity contribution in [1.82, 2.24) is 9.97 Å². The molecule has 0 spiro atoms. The minimum absolute atomic E-state index is 0.0939. The molecule has 0 saturated heterocycles. The molecule has 0 aliphatic heterocycles. The van der Waals surface area contributed by atoms with Gasteiger partial charge in [-0.15, -0.1) is 0 Å². The molecule has 9 heteroatoms. The van der Waals surface area contributed by atoms with Gasteiger partial charge in [-0.3, -0.25) is 0 Å². The molecular weight excluding hydrogens is 412 g/mol. The number of benzene rings is 2. The molecule has 3 rings (SSSR count). The first-order valence-corrected chi connectivity index (χ1v) is 11.0. The van der Waals surface area contributed by atoms with Crippen LogP contribution < -0.4 is 11.1 Å². The first-order valence-electron chi connectivity index (χ1n) is 8.77. The van der Waals surface area contributed by atoms with Gasteiger partial charge in [-0.25, -0.2) is 13.4 Å². The zero-order chi connectivity index (χ0) is 21.2. The lowest BCUT2D eigenvalue weighted by molar-refractivity contribution is 0.191. The highest BCUT2D eigenvalue weighted by Gasteiger charge is 2.13. The molecule has 152 valence electrons. The summed E-state index contributed by atoms with van der Waals surface area (Å²) in [6, 6.07) is 13.4. The minimum Gasteiger partial charge on any atom is -0.387 e. The predicted octanol–water partition coefficient (Wildman–Crippen LogP) is 3.24. The zero-order valence-corrected chi connectivity index (χ0v) is 17.5. The average Bonchev–Trinajstić information content (AvgIpc) is 2.67. The van der Waals surface area contributed by atoms with Crippen LogP contribution in [-0.2, 0) is 9.84 Å². The summed E-state index contributed by atoms with van der Waals surface area (Å²) in [7, 11) is -3.28. The van der Waals surface area contributed by atoms with Crippen LogP contribution in [0.25, 0.3) is 11.3 Å². The van der Waals surface area contributed by atoms with Crippen molar-refractivity contribution in [3.8, 4) is 11.3 Å². The van der Waals surface area contributed by atoms with Crippen LogP contribution in [0.1, 0.15) is 17.2 Å². The Balaban J connectivity index is 1.77. The number of aliphatic hydroxyl groups excluding tert-OH is 1. The predicted molar refractivity (Wildman–Crippen MR) is 115 cm³/mol. The fourth-order valence-corrected chi connectivity index (χ4v) is 3.64. The summed E-state index contributed by atoms with van der Waals surface area (Å²) < 4.78 is 23.1. The first kappa shape index (κ1) is 21.0. The van der Waals surface area contributed by atoms with E-state index in [0.717, 1.165) is 17.4 Å². The first-order chi connectivity index (χ1) is 13.6. The number of rotatable bonds is 6. The number of anilines is 2. The number of nitrogens with zero attached hydrogens (tertiary/aromatic N) is 2. The van der Waals surface area contributed by atoms with Gasteiger partial charge in [0, 0.05) is 29.5 Å². The summed E-state index contributed by atoms with van der Waals surface area (Å²) >= 11 is 6.19. The fourth-order valence-electron chi connectivity index (χ4n) is 2.84. The van der Waals surface area contributed by atoms with Gasteiger partial charge in [-0.05, 0) is 36.2 Å². The molecule has 0 aliphatic rings. The standard InChI is InChI=1S/C20H21ClN4O3S/c1-12-15(4-3-5-16(12)21)17-10-19(25-20(22)24-17)23-11-18(26)13-6-8-14(9-7-13)29(2,27)28/h3-10,18,26H,11H2,1-2H3,(H3,22,23,24,25).